The first-order valence-corrected chi connectivity index (χ1v) is 11.4. The fourth-order valence-electron chi connectivity index (χ4n) is 4.48. The summed E-state index contributed by atoms with van der Waals surface area (Å²) in [5.74, 6) is 0.597. The zero-order chi connectivity index (χ0) is 22.9. The van der Waals surface area contributed by atoms with E-state index in [2.05, 4.69) is 15.4 Å². The molecule has 0 radical (unpaired) electrons. The summed E-state index contributed by atoms with van der Waals surface area (Å²) < 4.78 is 9.61. The Hall–Kier alpha value is -3.46. The molecule has 1 amide bonds. The van der Waals surface area contributed by atoms with Crippen molar-refractivity contribution in [2.75, 3.05) is 11.9 Å². The molecule has 0 atom stereocenters. The van der Waals surface area contributed by atoms with Crippen molar-refractivity contribution in [2.45, 2.75) is 51.7 Å². The molecular formula is C24H28N6O3. The third kappa shape index (κ3) is 4.28. The van der Waals surface area contributed by atoms with Crippen LogP contribution < -0.4 is 10.1 Å². The molecule has 1 aliphatic rings. The number of carbonyl (C=O) groups excluding carboxylic acids is 1. The Balaban J connectivity index is 1.46. The second-order valence-electron chi connectivity index (χ2n) is 8.94. The normalized spacial score (nSPS) is 18.8. The average molecular weight is 449 g/mol. The number of hydrogen-bond donors (Lipinski definition) is 2. The van der Waals surface area contributed by atoms with Gasteiger partial charge in [0, 0.05) is 36.7 Å². The summed E-state index contributed by atoms with van der Waals surface area (Å²) >= 11 is 0. The quantitative estimate of drug-likeness (QED) is 0.464. The van der Waals surface area contributed by atoms with Crippen LogP contribution in [0.3, 0.4) is 0 Å². The fourth-order valence-corrected chi connectivity index (χ4v) is 4.48. The summed E-state index contributed by atoms with van der Waals surface area (Å²) in [5, 5.41) is 22.3. The highest BCUT2D eigenvalue weighted by Gasteiger charge is 2.24. The maximum atomic E-state index is 13.3. The molecule has 0 unspecified atom stereocenters. The lowest BCUT2D eigenvalue weighted by atomic mass is 9.87. The molecule has 2 N–H and O–H groups in total. The van der Waals surface area contributed by atoms with Crippen molar-refractivity contribution < 1.29 is 14.6 Å². The molecule has 4 aromatic rings. The number of rotatable bonds is 6. The summed E-state index contributed by atoms with van der Waals surface area (Å²) in [6, 6.07) is 5.76. The minimum atomic E-state index is -0.288. The largest absolute Gasteiger partial charge is 0.490 e. The van der Waals surface area contributed by atoms with E-state index in [-0.39, 0.29) is 18.6 Å². The maximum absolute atomic E-state index is 13.3. The van der Waals surface area contributed by atoms with E-state index < -0.39 is 0 Å². The zero-order valence-electron chi connectivity index (χ0n) is 18.8. The number of aromatic nitrogens is 5. The number of fused-ring (bicyclic) bond motifs is 2. The lowest BCUT2D eigenvalue weighted by molar-refractivity contribution is 0.102. The third-order valence-electron chi connectivity index (χ3n) is 6.21. The van der Waals surface area contributed by atoms with Crippen LogP contribution in [-0.2, 0) is 0 Å². The Morgan fingerprint density at radius 2 is 2.09 bits per heavy atom. The van der Waals surface area contributed by atoms with Gasteiger partial charge in [0.2, 0.25) is 0 Å². The molecule has 9 nitrogen and oxygen atoms in total. The highest BCUT2D eigenvalue weighted by molar-refractivity contribution is 6.09. The molecule has 9 heteroatoms. The van der Waals surface area contributed by atoms with Crippen LogP contribution in [0.2, 0.25) is 0 Å². The van der Waals surface area contributed by atoms with Gasteiger partial charge in [-0.05, 0) is 57.6 Å². The average Bonchev–Trinajstić information content (AvgIpc) is 3.42. The van der Waals surface area contributed by atoms with Crippen molar-refractivity contribution in [1.29, 1.82) is 0 Å². The van der Waals surface area contributed by atoms with Gasteiger partial charge in [0.25, 0.3) is 5.91 Å². The lowest BCUT2D eigenvalue weighted by Crippen LogP contribution is -2.20. The molecule has 33 heavy (non-hydrogen) atoms. The number of carbonyl (C=O) groups is 1. The van der Waals surface area contributed by atoms with E-state index >= 15 is 0 Å². The molecule has 5 rings (SSSR count). The molecule has 1 aromatic carbocycles. The first-order valence-electron chi connectivity index (χ1n) is 11.4. The molecule has 0 bridgehead atoms. The fraction of sp³-hybridized carbons (Fsp3) is 0.417. The van der Waals surface area contributed by atoms with E-state index in [1.54, 1.807) is 29.2 Å². The molecule has 3 aromatic heterocycles. The van der Waals surface area contributed by atoms with E-state index in [0.29, 0.717) is 34.6 Å². The van der Waals surface area contributed by atoms with Gasteiger partial charge < -0.3 is 15.2 Å². The predicted octanol–water partition coefficient (Wildman–Crippen LogP) is 3.84. The van der Waals surface area contributed by atoms with E-state index in [0.717, 1.165) is 36.6 Å². The van der Waals surface area contributed by atoms with Crippen molar-refractivity contribution in [3.05, 3.63) is 48.5 Å². The van der Waals surface area contributed by atoms with Crippen LogP contribution in [0, 0.1) is 5.92 Å². The Labute approximate surface area is 191 Å². The lowest BCUT2D eigenvalue weighted by Gasteiger charge is -2.27. The molecule has 1 saturated carbocycles. The van der Waals surface area contributed by atoms with E-state index in [4.69, 9.17) is 9.84 Å². The summed E-state index contributed by atoms with van der Waals surface area (Å²) in [6.45, 7) is 4.11. The van der Waals surface area contributed by atoms with Crippen LogP contribution >= 0.6 is 0 Å². The Morgan fingerprint density at radius 3 is 2.85 bits per heavy atom. The number of anilines is 1. The molecule has 1 aliphatic carbocycles. The van der Waals surface area contributed by atoms with Gasteiger partial charge in [-0.25, -0.2) is 9.50 Å². The molecule has 0 saturated heterocycles. The first kappa shape index (κ1) is 21.4. The number of nitrogens with zero attached hydrogens (tertiary/aromatic N) is 5. The Morgan fingerprint density at radius 1 is 1.27 bits per heavy atom. The van der Waals surface area contributed by atoms with Crippen molar-refractivity contribution in [2.24, 2.45) is 5.92 Å². The highest BCUT2D eigenvalue weighted by atomic mass is 16.5. The summed E-state index contributed by atoms with van der Waals surface area (Å²) in [6.07, 6.45) is 10.9. The SMILES string of the molecule is CC(C)Oc1cc2nn(C3CCC(CO)CC3)cc2cc1C(=O)Nc1cnn2cccnc12. The van der Waals surface area contributed by atoms with Crippen molar-refractivity contribution in [3.8, 4) is 5.75 Å². The van der Waals surface area contributed by atoms with Crippen molar-refractivity contribution in [3.63, 3.8) is 0 Å². The Bertz CT molecular complexity index is 1290. The number of aliphatic hydroxyl groups is 1. The molecule has 1 fully saturated rings. The Kier molecular flexibility index (Phi) is 5.72. The summed E-state index contributed by atoms with van der Waals surface area (Å²) in [7, 11) is 0. The third-order valence-corrected chi connectivity index (χ3v) is 6.21. The van der Waals surface area contributed by atoms with Crippen LogP contribution in [0.25, 0.3) is 16.6 Å². The van der Waals surface area contributed by atoms with Crippen LogP contribution in [0.5, 0.6) is 5.75 Å². The minimum Gasteiger partial charge on any atom is -0.490 e. The minimum absolute atomic E-state index is 0.0940. The first-order chi connectivity index (χ1) is 16.0. The van der Waals surface area contributed by atoms with E-state index in [1.165, 1.54) is 0 Å². The van der Waals surface area contributed by atoms with Crippen molar-refractivity contribution >= 4 is 28.1 Å². The molecule has 3 heterocycles. The van der Waals surface area contributed by atoms with Crippen LogP contribution in [0.4, 0.5) is 5.69 Å². The van der Waals surface area contributed by atoms with Gasteiger partial charge >= 0.3 is 0 Å². The van der Waals surface area contributed by atoms with Gasteiger partial charge in [0.1, 0.15) is 11.4 Å². The monoisotopic (exact) mass is 448 g/mol. The zero-order valence-corrected chi connectivity index (χ0v) is 18.8. The van der Waals surface area contributed by atoms with Gasteiger partial charge in [-0.3, -0.25) is 9.48 Å². The van der Waals surface area contributed by atoms with Gasteiger partial charge in [-0.1, -0.05) is 0 Å². The number of hydrogen-bond acceptors (Lipinski definition) is 6. The van der Waals surface area contributed by atoms with E-state index in [9.17, 15) is 9.90 Å². The molecule has 0 aliphatic heterocycles. The second-order valence-corrected chi connectivity index (χ2v) is 8.94. The molecule has 0 spiro atoms. The second kappa shape index (κ2) is 8.82. The van der Waals surface area contributed by atoms with Crippen LogP contribution in [0.15, 0.2) is 43.0 Å². The topological polar surface area (TPSA) is 107 Å². The molecular weight excluding hydrogens is 420 g/mol. The van der Waals surface area contributed by atoms with Crippen LogP contribution in [-0.4, -0.2) is 48.1 Å². The molecule has 172 valence electrons. The van der Waals surface area contributed by atoms with Gasteiger partial charge in [0.05, 0.1) is 29.4 Å². The van der Waals surface area contributed by atoms with Crippen molar-refractivity contribution in [1.82, 2.24) is 24.4 Å². The summed E-state index contributed by atoms with van der Waals surface area (Å²) in [5.41, 5.74) is 2.34. The smallest absolute Gasteiger partial charge is 0.259 e. The maximum Gasteiger partial charge on any atom is 0.259 e. The van der Waals surface area contributed by atoms with Gasteiger partial charge in [0.15, 0.2) is 5.65 Å². The number of amides is 1. The number of aliphatic hydroxyl groups excluding tert-OH is 1. The van der Waals surface area contributed by atoms with E-state index in [1.807, 2.05) is 36.9 Å². The van der Waals surface area contributed by atoms with Gasteiger partial charge in [-0.2, -0.15) is 10.2 Å². The number of benzene rings is 1. The predicted molar refractivity (Wildman–Crippen MR) is 125 cm³/mol. The number of nitrogens with one attached hydrogen (secondary N) is 1. The standard InChI is InChI=1S/C24H28N6O3/c1-15(2)33-22-11-20-17(13-30(28-20)18-6-4-16(14-31)5-7-18)10-19(22)24(32)27-21-12-26-29-9-3-8-25-23(21)29/h3,8-13,15-16,18,31H,4-7,14H2,1-2H3,(H,27,32). The van der Waals surface area contributed by atoms with Gasteiger partial charge in [-0.15, -0.1) is 0 Å². The number of ether oxygens (including phenoxy) is 1. The highest BCUT2D eigenvalue weighted by Crippen LogP contribution is 2.34. The van der Waals surface area contributed by atoms with Crippen LogP contribution in [0.1, 0.15) is 55.9 Å². The summed E-state index contributed by atoms with van der Waals surface area (Å²) in [4.78, 5) is 17.6.